The first-order valence-electron chi connectivity index (χ1n) is 7.67. The molecule has 0 N–H and O–H groups in total. The van der Waals surface area contributed by atoms with Gasteiger partial charge >= 0.3 is 0 Å². The Morgan fingerprint density at radius 1 is 0.812 bits per heavy atom. The molecule has 1 rings (SSSR count). The van der Waals surface area contributed by atoms with Crippen LogP contribution in [0.25, 0.3) is 0 Å². The smallest absolute Gasteiger partial charge is 0.0237 e. The number of unbranched alkanes of at least 4 members (excludes halogenated alkanes) is 6. The van der Waals surface area contributed by atoms with Crippen LogP contribution in [0.3, 0.4) is 0 Å². The number of hydrogen-bond donors (Lipinski definition) is 0. The van der Waals surface area contributed by atoms with Crippen LogP contribution in [0.5, 0.6) is 0 Å². The molecule has 1 saturated carbocycles. The third-order valence-electron chi connectivity index (χ3n) is 3.82. The zero-order valence-electron chi connectivity index (χ0n) is 11.3. The fourth-order valence-corrected chi connectivity index (χ4v) is 4.37. The van der Waals surface area contributed by atoms with Gasteiger partial charge in [0.25, 0.3) is 0 Å². The molecule has 0 aromatic carbocycles. The lowest BCUT2D eigenvalue weighted by Gasteiger charge is -2.21. The zero-order valence-corrected chi connectivity index (χ0v) is 12.3. The molecule has 0 radical (unpaired) electrons. The van der Waals surface area contributed by atoms with Crippen molar-refractivity contribution in [3.05, 3.63) is 0 Å². The number of hydrogen-bond acceptors (Lipinski definition) is 0. The van der Waals surface area contributed by atoms with Gasteiger partial charge in [0.15, 0.2) is 0 Å². The van der Waals surface area contributed by atoms with Gasteiger partial charge in [-0.15, -0.1) is 8.58 Å². The van der Waals surface area contributed by atoms with Crippen LogP contribution in [-0.2, 0) is 0 Å². The topological polar surface area (TPSA) is 0 Å². The predicted molar refractivity (Wildman–Crippen MR) is 78.0 cm³/mol. The van der Waals surface area contributed by atoms with E-state index in [1.165, 1.54) is 72.8 Å². The van der Waals surface area contributed by atoms with Crippen molar-refractivity contribution in [2.75, 3.05) is 6.16 Å². The van der Waals surface area contributed by atoms with Crippen molar-refractivity contribution in [2.24, 2.45) is 0 Å². The second-order valence-electron chi connectivity index (χ2n) is 5.41. The molecule has 0 spiro atoms. The summed E-state index contributed by atoms with van der Waals surface area (Å²) in [6, 6.07) is 0. The molecule has 0 aromatic rings. The molecule has 96 valence electrons. The van der Waals surface area contributed by atoms with Crippen molar-refractivity contribution >= 4 is 8.58 Å². The van der Waals surface area contributed by atoms with Crippen LogP contribution in [0.15, 0.2) is 0 Å². The first-order chi connectivity index (χ1) is 7.93. The van der Waals surface area contributed by atoms with Gasteiger partial charge in [-0.3, -0.25) is 0 Å². The Morgan fingerprint density at radius 2 is 1.44 bits per heavy atom. The Hall–Kier alpha value is 0.430. The van der Waals surface area contributed by atoms with Crippen molar-refractivity contribution < 1.29 is 0 Å². The predicted octanol–water partition coefficient (Wildman–Crippen LogP) is 5.75. The minimum atomic E-state index is 1.13. The lowest BCUT2D eigenvalue weighted by atomic mass is 10.0. The summed E-state index contributed by atoms with van der Waals surface area (Å²) in [5.41, 5.74) is 1.13. The molecular weight excluding hydrogens is 211 g/mol. The summed E-state index contributed by atoms with van der Waals surface area (Å²) in [4.78, 5) is 0. The Morgan fingerprint density at radius 3 is 2.12 bits per heavy atom. The van der Waals surface area contributed by atoms with Gasteiger partial charge in [-0.2, -0.15) is 0 Å². The molecule has 1 atom stereocenters. The zero-order chi connectivity index (χ0) is 11.5. The molecule has 0 heterocycles. The molecule has 0 saturated heterocycles. The SMILES string of the molecule is CCCCCCCCCPC1CCCCC1. The maximum Gasteiger partial charge on any atom is -0.0237 e. The van der Waals surface area contributed by atoms with E-state index in [1.807, 2.05) is 0 Å². The van der Waals surface area contributed by atoms with Crippen molar-refractivity contribution in [2.45, 2.75) is 89.6 Å². The van der Waals surface area contributed by atoms with Crippen molar-refractivity contribution in [1.82, 2.24) is 0 Å². The molecule has 16 heavy (non-hydrogen) atoms. The third kappa shape index (κ3) is 7.66. The highest BCUT2D eigenvalue weighted by molar-refractivity contribution is 7.38. The van der Waals surface area contributed by atoms with Crippen LogP contribution in [0, 0.1) is 0 Å². The fourth-order valence-electron chi connectivity index (χ4n) is 2.70. The average Bonchev–Trinajstić information content (AvgIpc) is 2.34. The standard InChI is InChI=1S/C15H31P/c1-2-3-4-5-6-7-11-14-16-15-12-9-8-10-13-15/h15-16H,2-14H2,1H3. The summed E-state index contributed by atoms with van der Waals surface area (Å²) in [5, 5.41) is 0. The molecule has 0 aromatic heterocycles. The Kier molecular flexibility index (Phi) is 9.58. The van der Waals surface area contributed by atoms with Crippen molar-refractivity contribution in [3.8, 4) is 0 Å². The molecule has 1 aliphatic rings. The molecular formula is C15H31P. The minimum absolute atomic E-state index is 1.13. The van der Waals surface area contributed by atoms with E-state index in [0.29, 0.717) is 0 Å². The van der Waals surface area contributed by atoms with Crippen LogP contribution in [-0.4, -0.2) is 11.8 Å². The maximum absolute atomic E-state index is 2.30. The largest absolute Gasteiger partial charge is 0.119 e. The number of rotatable bonds is 9. The van der Waals surface area contributed by atoms with Crippen molar-refractivity contribution in [1.29, 1.82) is 0 Å². The summed E-state index contributed by atoms with van der Waals surface area (Å²) < 4.78 is 0. The molecule has 1 aliphatic carbocycles. The van der Waals surface area contributed by atoms with E-state index >= 15 is 0 Å². The quantitative estimate of drug-likeness (QED) is 0.357. The fraction of sp³-hybridized carbons (Fsp3) is 1.00. The molecule has 0 aliphatic heterocycles. The van der Waals surface area contributed by atoms with E-state index in [0.717, 1.165) is 5.66 Å². The van der Waals surface area contributed by atoms with Gasteiger partial charge in [-0.1, -0.05) is 64.7 Å². The first kappa shape index (κ1) is 14.5. The van der Waals surface area contributed by atoms with Crippen LogP contribution in [0.1, 0.15) is 84.0 Å². The van der Waals surface area contributed by atoms with Crippen LogP contribution in [0.4, 0.5) is 0 Å². The summed E-state index contributed by atoms with van der Waals surface area (Å²) in [6.45, 7) is 2.30. The summed E-state index contributed by atoms with van der Waals surface area (Å²) in [6.07, 6.45) is 19.5. The summed E-state index contributed by atoms with van der Waals surface area (Å²) in [7, 11) is 1.29. The highest BCUT2D eigenvalue weighted by atomic mass is 31.1. The average molecular weight is 242 g/mol. The second-order valence-corrected chi connectivity index (χ2v) is 7.14. The van der Waals surface area contributed by atoms with E-state index < -0.39 is 0 Å². The molecule has 1 heteroatoms. The second kappa shape index (κ2) is 10.6. The third-order valence-corrected chi connectivity index (χ3v) is 5.62. The normalized spacial score (nSPS) is 18.6. The van der Waals surface area contributed by atoms with E-state index in [4.69, 9.17) is 0 Å². The van der Waals surface area contributed by atoms with Gasteiger partial charge < -0.3 is 0 Å². The van der Waals surface area contributed by atoms with Gasteiger partial charge in [0.05, 0.1) is 0 Å². The lowest BCUT2D eigenvalue weighted by Crippen LogP contribution is -2.06. The Labute approximate surface area is 105 Å². The Bertz CT molecular complexity index is 138. The van der Waals surface area contributed by atoms with E-state index in [2.05, 4.69) is 6.92 Å². The maximum atomic E-state index is 2.30. The monoisotopic (exact) mass is 242 g/mol. The van der Waals surface area contributed by atoms with Gasteiger partial charge in [0, 0.05) is 0 Å². The minimum Gasteiger partial charge on any atom is -0.119 e. The van der Waals surface area contributed by atoms with Gasteiger partial charge in [-0.25, -0.2) is 0 Å². The highest BCUT2D eigenvalue weighted by Gasteiger charge is 2.12. The Balaban J connectivity index is 1.77. The van der Waals surface area contributed by atoms with E-state index in [1.54, 1.807) is 19.0 Å². The summed E-state index contributed by atoms with van der Waals surface area (Å²) in [5.74, 6) is 0. The molecule has 1 fully saturated rings. The lowest BCUT2D eigenvalue weighted by molar-refractivity contribution is 0.512. The van der Waals surface area contributed by atoms with Crippen LogP contribution >= 0.6 is 8.58 Å². The van der Waals surface area contributed by atoms with Crippen molar-refractivity contribution in [3.63, 3.8) is 0 Å². The molecule has 0 amide bonds. The molecule has 1 unspecified atom stereocenters. The first-order valence-corrected chi connectivity index (χ1v) is 8.95. The molecule has 0 bridgehead atoms. The van der Waals surface area contributed by atoms with Crippen LogP contribution in [0.2, 0.25) is 0 Å². The van der Waals surface area contributed by atoms with E-state index in [-0.39, 0.29) is 0 Å². The summed E-state index contributed by atoms with van der Waals surface area (Å²) >= 11 is 0. The van der Waals surface area contributed by atoms with Gasteiger partial charge in [0.2, 0.25) is 0 Å². The highest BCUT2D eigenvalue weighted by Crippen LogP contribution is 2.33. The van der Waals surface area contributed by atoms with Crippen LogP contribution < -0.4 is 0 Å². The molecule has 0 nitrogen and oxygen atoms in total. The van der Waals surface area contributed by atoms with Gasteiger partial charge in [0.1, 0.15) is 0 Å². The van der Waals surface area contributed by atoms with Gasteiger partial charge in [-0.05, 0) is 31.1 Å². The van der Waals surface area contributed by atoms with E-state index in [9.17, 15) is 0 Å².